The Hall–Kier alpha value is -2.73. The average molecular weight is 356 g/mol. The first-order valence-electron chi connectivity index (χ1n) is 7.91. The van der Waals surface area contributed by atoms with Gasteiger partial charge in [0.2, 0.25) is 11.7 Å². The highest BCUT2D eigenvalue weighted by Gasteiger charge is 2.13. The number of tetrazole rings is 1. The fourth-order valence-corrected chi connectivity index (χ4v) is 2.60. The summed E-state index contributed by atoms with van der Waals surface area (Å²) in [6.07, 6.45) is 0. The van der Waals surface area contributed by atoms with E-state index in [1.165, 1.54) is 4.80 Å². The number of aromatic nitrogens is 4. The Morgan fingerprint density at radius 3 is 2.72 bits per heavy atom. The van der Waals surface area contributed by atoms with Crippen LogP contribution in [0.4, 0.5) is 0 Å². The van der Waals surface area contributed by atoms with Crippen molar-refractivity contribution in [3.8, 4) is 11.4 Å². The molecule has 128 valence electrons. The second-order valence-corrected chi connectivity index (χ2v) is 6.29. The molecule has 0 saturated heterocycles. The molecule has 0 aliphatic rings. The second-order valence-electron chi connectivity index (χ2n) is 5.85. The molecule has 2 aromatic carbocycles. The standard InChI is InChI=1S/C18H18ClN5O/c1-12-6-8-14(9-7-12)18-21-23-24(22-18)11-17(25)20-13(2)15-4-3-5-16(19)10-15/h3-10,13H,11H2,1-2H3,(H,20,25)/t13-/m0/s1. The van der Waals surface area contributed by atoms with Crippen LogP contribution in [0.1, 0.15) is 24.1 Å². The molecule has 1 aromatic heterocycles. The third-order valence-electron chi connectivity index (χ3n) is 3.77. The summed E-state index contributed by atoms with van der Waals surface area (Å²) in [5, 5.41) is 15.7. The average Bonchev–Trinajstić information content (AvgIpc) is 3.03. The van der Waals surface area contributed by atoms with Crippen LogP contribution in [0.2, 0.25) is 5.02 Å². The molecule has 1 atom stereocenters. The zero-order chi connectivity index (χ0) is 17.8. The number of benzene rings is 2. The van der Waals surface area contributed by atoms with Gasteiger partial charge in [-0.15, -0.1) is 10.2 Å². The second kappa shape index (κ2) is 7.44. The van der Waals surface area contributed by atoms with Crippen molar-refractivity contribution in [1.82, 2.24) is 25.5 Å². The number of rotatable bonds is 5. The van der Waals surface area contributed by atoms with E-state index in [0.29, 0.717) is 10.8 Å². The van der Waals surface area contributed by atoms with Gasteiger partial charge in [0.15, 0.2) is 0 Å². The van der Waals surface area contributed by atoms with Crippen LogP contribution in [-0.4, -0.2) is 26.1 Å². The molecule has 3 rings (SSSR count). The van der Waals surface area contributed by atoms with E-state index in [-0.39, 0.29) is 18.5 Å². The van der Waals surface area contributed by atoms with Gasteiger partial charge in [0, 0.05) is 10.6 Å². The van der Waals surface area contributed by atoms with Crippen molar-refractivity contribution < 1.29 is 4.79 Å². The lowest BCUT2D eigenvalue weighted by Crippen LogP contribution is -2.30. The van der Waals surface area contributed by atoms with Crippen molar-refractivity contribution >= 4 is 17.5 Å². The number of nitrogens with zero attached hydrogens (tertiary/aromatic N) is 4. The lowest BCUT2D eigenvalue weighted by molar-refractivity contribution is -0.122. The van der Waals surface area contributed by atoms with Crippen LogP contribution < -0.4 is 5.32 Å². The molecule has 3 aromatic rings. The van der Waals surface area contributed by atoms with Gasteiger partial charge in [-0.25, -0.2) is 0 Å². The Morgan fingerprint density at radius 1 is 1.24 bits per heavy atom. The quantitative estimate of drug-likeness (QED) is 0.763. The van der Waals surface area contributed by atoms with Crippen LogP contribution in [0.5, 0.6) is 0 Å². The molecule has 0 fully saturated rings. The lowest BCUT2D eigenvalue weighted by atomic mass is 10.1. The minimum atomic E-state index is -0.194. The van der Waals surface area contributed by atoms with Gasteiger partial charge < -0.3 is 5.32 Å². The number of nitrogens with one attached hydrogen (secondary N) is 1. The maximum Gasteiger partial charge on any atom is 0.244 e. The van der Waals surface area contributed by atoms with Gasteiger partial charge in [0.1, 0.15) is 6.54 Å². The first-order chi connectivity index (χ1) is 12.0. The summed E-state index contributed by atoms with van der Waals surface area (Å²) in [5.74, 6) is 0.302. The molecule has 6 nitrogen and oxygen atoms in total. The topological polar surface area (TPSA) is 72.7 Å². The van der Waals surface area contributed by atoms with Gasteiger partial charge in [-0.1, -0.05) is 53.6 Å². The number of carbonyl (C=O) groups is 1. The number of hydrogen-bond donors (Lipinski definition) is 1. The number of amides is 1. The maximum absolute atomic E-state index is 12.2. The van der Waals surface area contributed by atoms with Crippen LogP contribution >= 0.6 is 11.6 Å². The van der Waals surface area contributed by atoms with E-state index >= 15 is 0 Å². The molecular weight excluding hydrogens is 338 g/mol. The Balaban J connectivity index is 1.62. The molecule has 0 radical (unpaired) electrons. The van der Waals surface area contributed by atoms with Crippen molar-refractivity contribution in [2.24, 2.45) is 0 Å². The summed E-state index contributed by atoms with van der Waals surface area (Å²) in [5.41, 5.74) is 2.96. The Morgan fingerprint density at radius 2 is 2.00 bits per heavy atom. The third kappa shape index (κ3) is 4.42. The molecule has 0 unspecified atom stereocenters. The fraction of sp³-hybridized carbons (Fsp3) is 0.222. The molecule has 1 amide bonds. The van der Waals surface area contributed by atoms with Crippen molar-refractivity contribution in [3.63, 3.8) is 0 Å². The number of halogens is 1. The van der Waals surface area contributed by atoms with E-state index in [2.05, 4.69) is 20.7 Å². The molecule has 0 saturated carbocycles. The fourth-order valence-electron chi connectivity index (χ4n) is 2.40. The first-order valence-corrected chi connectivity index (χ1v) is 8.29. The van der Waals surface area contributed by atoms with Crippen LogP contribution in [-0.2, 0) is 11.3 Å². The zero-order valence-corrected chi connectivity index (χ0v) is 14.7. The van der Waals surface area contributed by atoms with Crippen molar-refractivity contribution in [1.29, 1.82) is 0 Å². The lowest BCUT2D eigenvalue weighted by Gasteiger charge is -2.14. The predicted octanol–water partition coefficient (Wildman–Crippen LogP) is 3.18. The summed E-state index contributed by atoms with van der Waals surface area (Å²) in [6, 6.07) is 15.1. The van der Waals surface area contributed by atoms with Crippen LogP contribution in [0.25, 0.3) is 11.4 Å². The first kappa shape index (κ1) is 17.1. The molecular formula is C18H18ClN5O. The summed E-state index contributed by atoms with van der Waals surface area (Å²) >= 11 is 5.98. The highest BCUT2D eigenvalue weighted by molar-refractivity contribution is 6.30. The summed E-state index contributed by atoms with van der Waals surface area (Å²) in [6.45, 7) is 3.92. The highest BCUT2D eigenvalue weighted by atomic mass is 35.5. The van der Waals surface area contributed by atoms with Crippen LogP contribution in [0, 0.1) is 6.92 Å². The van der Waals surface area contributed by atoms with E-state index in [9.17, 15) is 4.79 Å². The monoisotopic (exact) mass is 355 g/mol. The molecule has 1 N–H and O–H groups in total. The highest BCUT2D eigenvalue weighted by Crippen LogP contribution is 2.17. The van der Waals surface area contributed by atoms with E-state index < -0.39 is 0 Å². The summed E-state index contributed by atoms with van der Waals surface area (Å²) in [7, 11) is 0. The van der Waals surface area contributed by atoms with Crippen LogP contribution in [0.15, 0.2) is 48.5 Å². The number of aryl methyl sites for hydroxylation is 1. The maximum atomic E-state index is 12.2. The normalized spacial score (nSPS) is 12.0. The molecule has 7 heteroatoms. The summed E-state index contributed by atoms with van der Waals surface area (Å²) in [4.78, 5) is 13.5. The molecule has 25 heavy (non-hydrogen) atoms. The van der Waals surface area contributed by atoms with Crippen LogP contribution in [0.3, 0.4) is 0 Å². The van der Waals surface area contributed by atoms with Gasteiger partial charge in [-0.05, 0) is 36.8 Å². The molecule has 0 aliphatic heterocycles. The van der Waals surface area contributed by atoms with E-state index in [0.717, 1.165) is 16.7 Å². The third-order valence-corrected chi connectivity index (χ3v) is 4.01. The SMILES string of the molecule is Cc1ccc(-c2nnn(CC(=O)N[C@@H](C)c3cccc(Cl)c3)n2)cc1. The molecule has 1 heterocycles. The zero-order valence-electron chi connectivity index (χ0n) is 14.0. The van der Waals surface area contributed by atoms with Gasteiger partial charge in [0.05, 0.1) is 6.04 Å². The van der Waals surface area contributed by atoms with E-state index in [4.69, 9.17) is 11.6 Å². The number of hydrogen-bond acceptors (Lipinski definition) is 4. The minimum absolute atomic E-state index is 0.00374. The van der Waals surface area contributed by atoms with Crippen molar-refractivity contribution in [2.45, 2.75) is 26.4 Å². The molecule has 0 aliphatic carbocycles. The van der Waals surface area contributed by atoms with E-state index in [1.807, 2.05) is 56.3 Å². The van der Waals surface area contributed by atoms with Gasteiger partial charge in [0.25, 0.3) is 0 Å². The van der Waals surface area contributed by atoms with Gasteiger partial charge >= 0.3 is 0 Å². The summed E-state index contributed by atoms with van der Waals surface area (Å²) < 4.78 is 0. The van der Waals surface area contributed by atoms with E-state index in [1.54, 1.807) is 6.07 Å². The largest absolute Gasteiger partial charge is 0.348 e. The molecule has 0 bridgehead atoms. The minimum Gasteiger partial charge on any atom is -0.348 e. The van der Waals surface area contributed by atoms with Gasteiger partial charge in [-0.2, -0.15) is 4.80 Å². The number of carbonyl (C=O) groups excluding carboxylic acids is 1. The molecule has 0 spiro atoms. The van der Waals surface area contributed by atoms with Crippen molar-refractivity contribution in [2.75, 3.05) is 0 Å². The Bertz CT molecular complexity index is 875. The predicted molar refractivity (Wildman–Crippen MR) is 96.0 cm³/mol. The Labute approximate surface area is 150 Å². The van der Waals surface area contributed by atoms with Crippen molar-refractivity contribution in [3.05, 3.63) is 64.7 Å². The van der Waals surface area contributed by atoms with Gasteiger partial charge in [-0.3, -0.25) is 4.79 Å². The smallest absolute Gasteiger partial charge is 0.244 e. The Kier molecular flexibility index (Phi) is 5.09.